The zero-order chi connectivity index (χ0) is 15.5. The number of ether oxygens (including phenoxy) is 2. The van der Waals surface area contributed by atoms with Gasteiger partial charge in [0.15, 0.2) is 16.6 Å². The lowest BCUT2D eigenvalue weighted by Gasteiger charge is -2.11. The van der Waals surface area contributed by atoms with Crippen LogP contribution in [0.2, 0.25) is 0 Å². The van der Waals surface area contributed by atoms with E-state index in [4.69, 9.17) is 21.7 Å². The second-order valence-electron chi connectivity index (χ2n) is 4.95. The van der Waals surface area contributed by atoms with Crippen molar-refractivity contribution in [1.82, 2.24) is 15.1 Å². The number of aromatic nitrogens is 2. The van der Waals surface area contributed by atoms with E-state index in [9.17, 15) is 0 Å². The molecule has 22 heavy (non-hydrogen) atoms. The molecule has 1 aromatic heterocycles. The maximum absolute atomic E-state index is 5.34. The first-order valence-electron chi connectivity index (χ1n) is 7.13. The monoisotopic (exact) mass is 318 g/mol. The Balaban J connectivity index is 1.57. The third kappa shape index (κ3) is 2.99. The van der Waals surface area contributed by atoms with Gasteiger partial charge in [0, 0.05) is 36.1 Å². The predicted octanol–water partition coefficient (Wildman–Crippen LogP) is 2.43. The number of thiocarbonyl (C=S) groups is 1. The molecule has 2 aromatic rings. The molecule has 0 atom stereocenters. The maximum Gasteiger partial charge on any atom is 0.231 e. The predicted molar refractivity (Wildman–Crippen MR) is 88.3 cm³/mol. The quantitative estimate of drug-likeness (QED) is 0.844. The molecular formula is C15H18N4O2S. The topological polar surface area (TPSA) is 60.3 Å². The lowest BCUT2D eigenvalue weighted by molar-refractivity contribution is 0.174. The fourth-order valence-electron chi connectivity index (χ4n) is 2.30. The summed E-state index contributed by atoms with van der Waals surface area (Å²) in [7, 11) is 0. The second kappa shape index (κ2) is 6.23. The van der Waals surface area contributed by atoms with Crippen LogP contribution in [0.15, 0.2) is 24.4 Å². The molecule has 0 radical (unpaired) electrons. The number of hydrogen-bond donors (Lipinski definition) is 2. The summed E-state index contributed by atoms with van der Waals surface area (Å²) in [6.45, 7) is 5.90. The third-order valence-electron chi connectivity index (χ3n) is 3.57. The van der Waals surface area contributed by atoms with Gasteiger partial charge in [0.1, 0.15) is 0 Å². The van der Waals surface area contributed by atoms with Gasteiger partial charge in [-0.3, -0.25) is 4.68 Å². The Kier molecular flexibility index (Phi) is 4.15. The van der Waals surface area contributed by atoms with Crippen LogP contribution in [0.1, 0.15) is 18.2 Å². The molecule has 0 amide bonds. The average Bonchev–Trinajstić information content (AvgIpc) is 3.11. The normalized spacial score (nSPS) is 12.3. The first kappa shape index (κ1) is 14.6. The van der Waals surface area contributed by atoms with Gasteiger partial charge < -0.3 is 20.1 Å². The Hall–Kier alpha value is -2.28. The van der Waals surface area contributed by atoms with Crippen LogP contribution in [-0.4, -0.2) is 21.7 Å². The summed E-state index contributed by atoms with van der Waals surface area (Å²) in [5.41, 5.74) is 3.15. The Morgan fingerprint density at radius 1 is 1.36 bits per heavy atom. The van der Waals surface area contributed by atoms with E-state index in [2.05, 4.69) is 29.6 Å². The van der Waals surface area contributed by atoms with Crippen LogP contribution in [0.5, 0.6) is 11.5 Å². The van der Waals surface area contributed by atoms with Crippen molar-refractivity contribution in [3.8, 4) is 11.5 Å². The summed E-state index contributed by atoms with van der Waals surface area (Å²) in [6, 6.07) is 5.64. The van der Waals surface area contributed by atoms with Gasteiger partial charge in [0.2, 0.25) is 6.79 Å². The highest BCUT2D eigenvalue weighted by atomic mass is 32.1. The molecule has 0 saturated heterocycles. The Bertz CT molecular complexity index is 699. The number of hydrogen-bond acceptors (Lipinski definition) is 4. The van der Waals surface area contributed by atoms with Gasteiger partial charge >= 0.3 is 0 Å². The van der Waals surface area contributed by atoms with Crippen molar-refractivity contribution in [2.45, 2.75) is 26.9 Å². The zero-order valence-corrected chi connectivity index (χ0v) is 13.4. The van der Waals surface area contributed by atoms with E-state index in [0.29, 0.717) is 11.7 Å². The van der Waals surface area contributed by atoms with Gasteiger partial charge in [-0.1, -0.05) is 0 Å². The molecule has 3 rings (SSSR count). The van der Waals surface area contributed by atoms with Crippen molar-refractivity contribution >= 4 is 23.0 Å². The van der Waals surface area contributed by atoms with E-state index in [-0.39, 0.29) is 6.79 Å². The summed E-state index contributed by atoms with van der Waals surface area (Å²) in [4.78, 5) is 0. The van der Waals surface area contributed by atoms with E-state index in [1.54, 1.807) is 0 Å². The highest BCUT2D eigenvalue weighted by Gasteiger charge is 2.13. The van der Waals surface area contributed by atoms with Gasteiger partial charge in [-0.25, -0.2) is 0 Å². The Labute approximate surface area is 134 Å². The molecule has 0 aliphatic carbocycles. The molecule has 0 saturated carbocycles. The third-order valence-corrected chi connectivity index (χ3v) is 3.82. The van der Waals surface area contributed by atoms with Crippen LogP contribution in [-0.2, 0) is 13.1 Å². The fraction of sp³-hybridized carbons (Fsp3) is 0.333. The molecular weight excluding hydrogens is 300 g/mol. The number of fused-ring (bicyclic) bond motifs is 1. The second-order valence-corrected chi connectivity index (χ2v) is 5.35. The van der Waals surface area contributed by atoms with Crippen LogP contribution in [0.25, 0.3) is 0 Å². The molecule has 2 heterocycles. The summed E-state index contributed by atoms with van der Waals surface area (Å²) in [6.07, 6.45) is 1.87. The average molecular weight is 318 g/mol. The van der Waals surface area contributed by atoms with Crippen molar-refractivity contribution in [3.63, 3.8) is 0 Å². The zero-order valence-electron chi connectivity index (χ0n) is 12.5. The van der Waals surface area contributed by atoms with Crippen LogP contribution in [0, 0.1) is 6.92 Å². The van der Waals surface area contributed by atoms with Gasteiger partial charge in [0.05, 0.1) is 6.20 Å². The van der Waals surface area contributed by atoms with E-state index in [1.165, 1.54) is 0 Å². The number of benzene rings is 1. The first-order valence-corrected chi connectivity index (χ1v) is 7.54. The van der Waals surface area contributed by atoms with Crippen molar-refractivity contribution in [2.24, 2.45) is 0 Å². The van der Waals surface area contributed by atoms with Crippen LogP contribution in [0.4, 0.5) is 5.69 Å². The summed E-state index contributed by atoms with van der Waals surface area (Å²) in [5.74, 6) is 1.49. The minimum atomic E-state index is 0.266. The molecule has 1 aliphatic heterocycles. The van der Waals surface area contributed by atoms with E-state index < -0.39 is 0 Å². The Morgan fingerprint density at radius 3 is 2.95 bits per heavy atom. The van der Waals surface area contributed by atoms with Gasteiger partial charge in [0.25, 0.3) is 0 Å². The minimum Gasteiger partial charge on any atom is -0.454 e. The van der Waals surface area contributed by atoms with E-state index in [1.807, 2.05) is 29.1 Å². The maximum atomic E-state index is 5.34. The largest absolute Gasteiger partial charge is 0.454 e. The van der Waals surface area contributed by atoms with E-state index >= 15 is 0 Å². The summed E-state index contributed by atoms with van der Waals surface area (Å²) < 4.78 is 12.6. The van der Waals surface area contributed by atoms with Gasteiger partial charge in [-0.15, -0.1) is 0 Å². The smallest absolute Gasteiger partial charge is 0.231 e. The molecule has 7 heteroatoms. The molecule has 116 valence electrons. The lowest BCUT2D eigenvalue weighted by atomic mass is 10.2. The van der Waals surface area contributed by atoms with Gasteiger partial charge in [-0.05, 0) is 38.2 Å². The SMILES string of the molecule is CCn1ncc(CNC(=S)Nc2ccc3c(c2)OCO3)c1C. The van der Waals surface area contributed by atoms with Gasteiger partial charge in [-0.2, -0.15) is 5.10 Å². The van der Waals surface area contributed by atoms with E-state index in [0.717, 1.165) is 35.0 Å². The number of nitrogens with zero attached hydrogens (tertiary/aromatic N) is 2. The molecule has 0 bridgehead atoms. The molecule has 1 aliphatic rings. The summed E-state index contributed by atoms with van der Waals surface area (Å²) in [5, 5.41) is 11.2. The van der Waals surface area contributed by atoms with Crippen LogP contribution >= 0.6 is 12.2 Å². The fourth-order valence-corrected chi connectivity index (χ4v) is 2.49. The molecule has 6 nitrogen and oxygen atoms in total. The van der Waals surface area contributed by atoms with Crippen molar-refractivity contribution in [3.05, 3.63) is 35.7 Å². The number of anilines is 1. The Morgan fingerprint density at radius 2 is 2.18 bits per heavy atom. The van der Waals surface area contributed by atoms with Crippen LogP contribution < -0.4 is 20.1 Å². The lowest BCUT2D eigenvalue weighted by Crippen LogP contribution is -2.28. The highest BCUT2D eigenvalue weighted by Crippen LogP contribution is 2.34. The van der Waals surface area contributed by atoms with Crippen molar-refractivity contribution in [2.75, 3.05) is 12.1 Å². The number of rotatable bonds is 4. The van der Waals surface area contributed by atoms with Crippen LogP contribution in [0.3, 0.4) is 0 Å². The standard InChI is InChI=1S/C15H18N4O2S/c1-3-19-10(2)11(8-17-19)7-16-15(22)18-12-4-5-13-14(6-12)21-9-20-13/h4-6,8H,3,7,9H2,1-2H3,(H2,16,18,22). The molecule has 0 fully saturated rings. The molecule has 0 unspecified atom stereocenters. The number of aryl methyl sites for hydroxylation is 1. The molecule has 1 aromatic carbocycles. The summed E-state index contributed by atoms with van der Waals surface area (Å²) >= 11 is 5.32. The highest BCUT2D eigenvalue weighted by molar-refractivity contribution is 7.80. The number of nitrogens with one attached hydrogen (secondary N) is 2. The van der Waals surface area contributed by atoms with Crippen molar-refractivity contribution in [1.29, 1.82) is 0 Å². The van der Waals surface area contributed by atoms with Crippen molar-refractivity contribution < 1.29 is 9.47 Å². The minimum absolute atomic E-state index is 0.266. The molecule has 2 N–H and O–H groups in total. The first-order chi connectivity index (χ1) is 10.7. The molecule has 0 spiro atoms.